The van der Waals surface area contributed by atoms with Crippen LogP contribution in [-0.2, 0) is 20.7 Å². The van der Waals surface area contributed by atoms with Crippen molar-refractivity contribution in [3.8, 4) is 0 Å². The summed E-state index contributed by atoms with van der Waals surface area (Å²) in [5.41, 5.74) is 1.13. The van der Waals surface area contributed by atoms with Crippen molar-refractivity contribution in [3.05, 3.63) is 30.1 Å². The highest BCUT2D eigenvalue weighted by Gasteiger charge is 2.21. The summed E-state index contributed by atoms with van der Waals surface area (Å²) in [4.78, 5) is 31.3. The van der Waals surface area contributed by atoms with Crippen LogP contribution in [0.5, 0.6) is 0 Å². The standard InChI is InChI=1S/C15H21N3O3/c1-17(7-4-13-2-5-16-6-3-13)14(19)12-15(20)18-8-10-21-11-9-18/h2-3,5-6H,4,7-12H2,1H3. The van der Waals surface area contributed by atoms with Crippen LogP contribution >= 0.6 is 0 Å². The molecule has 1 fully saturated rings. The number of carbonyl (C=O) groups excluding carboxylic acids is 2. The lowest BCUT2D eigenvalue weighted by Crippen LogP contribution is -2.43. The van der Waals surface area contributed by atoms with Crippen LogP contribution in [0.4, 0.5) is 0 Å². The van der Waals surface area contributed by atoms with Gasteiger partial charge in [-0.3, -0.25) is 14.6 Å². The Hall–Kier alpha value is -1.95. The minimum atomic E-state index is -0.138. The van der Waals surface area contributed by atoms with Gasteiger partial charge >= 0.3 is 0 Å². The lowest BCUT2D eigenvalue weighted by atomic mass is 10.2. The number of hydrogen-bond acceptors (Lipinski definition) is 4. The highest BCUT2D eigenvalue weighted by atomic mass is 16.5. The molecule has 0 bridgehead atoms. The summed E-state index contributed by atoms with van der Waals surface area (Å²) in [5, 5.41) is 0. The molecule has 0 N–H and O–H groups in total. The number of aromatic nitrogens is 1. The van der Waals surface area contributed by atoms with Gasteiger partial charge in [-0.15, -0.1) is 0 Å². The van der Waals surface area contributed by atoms with E-state index in [9.17, 15) is 9.59 Å². The van der Waals surface area contributed by atoms with Gasteiger partial charge in [0.2, 0.25) is 11.8 Å². The van der Waals surface area contributed by atoms with E-state index in [1.807, 2.05) is 12.1 Å². The van der Waals surface area contributed by atoms with Crippen LogP contribution in [0, 0.1) is 0 Å². The Labute approximate surface area is 124 Å². The van der Waals surface area contributed by atoms with Crippen molar-refractivity contribution in [1.82, 2.24) is 14.8 Å². The molecule has 2 heterocycles. The monoisotopic (exact) mass is 291 g/mol. The maximum absolute atomic E-state index is 12.1. The number of carbonyl (C=O) groups is 2. The van der Waals surface area contributed by atoms with Crippen LogP contribution in [0.15, 0.2) is 24.5 Å². The van der Waals surface area contributed by atoms with E-state index in [-0.39, 0.29) is 18.2 Å². The SMILES string of the molecule is CN(CCc1ccncc1)C(=O)CC(=O)N1CCOCC1. The Morgan fingerprint density at radius 2 is 1.95 bits per heavy atom. The molecule has 2 rings (SSSR count). The number of morpholine rings is 1. The fourth-order valence-electron chi connectivity index (χ4n) is 2.16. The molecule has 1 aromatic heterocycles. The van der Waals surface area contributed by atoms with E-state index in [0.717, 1.165) is 12.0 Å². The van der Waals surface area contributed by atoms with E-state index in [4.69, 9.17) is 4.74 Å². The molecule has 0 radical (unpaired) electrons. The van der Waals surface area contributed by atoms with Crippen molar-refractivity contribution in [2.24, 2.45) is 0 Å². The molecule has 114 valence electrons. The Balaban J connectivity index is 1.75. The van der Waals surface area contributed by atoms with E-state index in [2.05, 4.69) is 4.98 Å². The number of hydrogen-bond donors (Lipinski definition) is 0. The van der Waals surface area contributed by atoms with E-state index in [1.54, 1.807) is 29.2 Å². The highest BCUT2D eigenvalue weighted by molar-refractivity contribution is 5.96. The molecule has 0 aromatic carbocycles. The van der Waals surface area contributed by atoms with Crippen molar-refractivity contribution >= 4 is 11.8 Å². The Morgan fingerprint density at radius 1 is 1.29 bits per heavy atom. The zero-order valence-electron chi connectivity index (χ0n) is 12.3. The molecule has 0 atom stereocenters. The van der Waals surface area contributed by atoms with Crippen molar-refractivity contribution in [2.75, 3.05) is 39.9 Å². The fourth-order valence-corrected chi connectivity index (χ4v) is 2.16. The quantitative estimate of drug-likeness (QED) is 0.734. The van der Waals surface area contributed by atoms with Gasteiger partial charge in [0.05, 0.1) is 13.2 Å². The van der Waals surface area contributed by atoms with E-state index >= 15 is 0 Å². The fraction of sp³-hybridized carbons (Fsp3) is 0.533. The first-order valence-electron chi connectivity index (χ1n) is 7.15. The van der Waals surface area contributed by atoms with Gasteiger partial charge in [0.25, 0.3) is 0 Å². The van der Waals surface area contributed by atoms with Crippen molar-refractivity contribution < 1.29 is 14.3 Å². The molecule has 1 saturated heterocycles. The first-order chi connectivity index (χ1) is 10.2. The molecule has 0 aliphatic carbocycles. The molecule has 0 unspecified atom stereocenters. The number of nitrogens with zero attached hydrogens (tertiary/aromatic N) is 3. The summed E-state index contributed by atoms with van der Waals surface area (Å²) < 4.78 is 5.20. The number of rotatable bonds is 5. The lowest BCUT2D eigenvalue weighted by molar-refractivity contribution is -0.142. The molecule has 1 aliphatic rings. The average Bonchev–Trinajstić information content (AvgIpc) is 2.54. The summed E-state index contributed by atoms with van der Waals surface area (Å²) >= 11 is 0. The van der Waals surface area contributed by atoms with E-state index in [0.29, 0.717) is 32.8 Å². The van der Waals surface area contributed by atoms with Gasteiger partial charge in [-0.05, 0) is 24.1 Å². The Kier molecular flexibility index (Phi) is 5.68. The minimum Gasteiger partial charge on any atom is -0.378 e. The average molecular weight is 291 g/mol. The predicted octanol–water partition coefficient (Wildman–Crippen LogP) is 0.331. The summed E-state index contributed by atoms with van der Waals surface area (Å²) in [6.45, 7) is 2.86. The molecule has 6 heteroatoms. The second kappa shape index (κ2) is 7.73. The number of amides is 2. The summed E-state index contributed by atoms with van der Waals surface area (Å²) in [5.74, 6) is -0.250. The Bertz CT molecular complexity index is 472. The third kappa shape index (κ3) is 4.82. The number of pyridine rings is 1. The van der Waals surface area contributed by atoms with Crippen LogP contribution in [-0.4, -0.2) is 66.5 Å². The van der Waals surface area contributed by atoms with Gasteiger partial charge in [0, 0.05) is 39.1 Å². The minimum absolute atomic E-state index is 0.0627. The van der Waals surface area contributed by atoms with Gasteiger partial charge in [0.15, 0.2) is 0 Å². The lowest BCUT2D eigenvalue weighted by Gasteiger charge is -2.27. The topological polar surface area (TPSA) is 62.7 Å². The third-order valence-electron chi connectivity index (χ3n) is 3.58. The number of likely N-dealkylation sites (N-methyl/N-ethyl adjacent to an activating group) is 1. The normalized spacial score (nSPS) is 14.8. The molecule has 0 saturated carbocycles. The van der Waals surface area contributed by atoms with Crippen LogP contribution in [0.1, 0.15) is 12.0 Å². The van der Waals surface area contributed by atoms with Gasteiger partial charge in [-0.1, -0.05) is 0 Å². The molecule has 6 nitrogen and oxygen atoms in total. The van der Waals surface area contributed by atoms with E-state index in [1.165, 1.54) is 0 Å². The maximum atomic E-state index is 12.1. The molecule has 0 spiro atoms. The van der Waals surface area contributed by atoms with E-state index < -0.39 is 0 Å². The number of ether oxygens (including phenoxy) is 1. The summed E-state index contributed by atoms with van der Waals surface area (Å²) in [7, 11) is 1.73. The van der Waals surface area contributed by atoms with Gasteiger partial charge < -0.3 is 14.5 Å². The van der Waals surface area contributed by atoms with Crippen molar-refractivity contribution in [3.63, 3.8) is 0 Å². The van der Waals surface area contributed by atoms with Gasteiger partial charge in [-0.2, -0.15) is 0 Å². The van der Waals surface area contributed by atoms with Crippen LogP contribution in [0.2, 0.25) is 0 Å². The zero-order chi connectivity index (χ0) is 15.1. The second-order valence-corrected chi connectivity index (χ2v) is 5.09. The molecule has 1 aliphatic heterocycles. The molecular formula is C15H21N3O3. The molecule has 1 aromatic rings. The molecule has 2 amide bonds. The molecular weight excluding hydrogens is 270 g/mol. The highest BCUT2D eigenvalue weighted by Crippen LogP contribution is 2.04. The van der Waals surface area contributed by atoms with Crippen LogP contribution < -0.4 is 0 Å². The van der Waals surface area contributed by atoms with Crippen LogP contribution in [0.3, 0.4) is 0 Å². The zero-order valence-corrected chi connectivity index (χ0v) is 12.3. The summed E-state index contributed by atoms with van der Waals surface area (Å²) in [6, 6.07) is 3.86. The summed E-state index contributed by atoms with van der Waals surface area (Å²) in [6.07, 6.45) is 4.17. The third-order valence-corrected chi connectivity index (χ3v) is 3.58. The first-order valence-corrected chi connectivity index (χ1v) is 7.15. The van der Waals surface area contributed by atoms with Crippen molar-refractivity contribution in [2.45, 2.75) is 12.8 Å². The van der Waals surface area contributed by atoms with Gasteiger partial charge in [-0.25, -0.2) is 0 Å². The predicted molar refractivity (Wildman–Crippen MR) is 77.6 cm³/mol. The maximum Gasteiger partial charge on any atom is 0.232 e. The van der Waals surface area contributed by atoms with Crippen molar-refractivity contribution in [1.29, 1.82) is 0 Å². The second-order valence-electron chi connectivity index (χ2n) is 5.09. The van der Waals surface area contributed by atoms with Crippen LogP contribution in [0.25, 0.3) is 0 Å². The Morgan fingerprint density at radius 3 is 2.62 bits per heavy atom. The van der Waals surface area contributed by atoms with Gasteiger partial charge in [0.1, 0.15) is 6.42 Å². The first kappa shape index (κ1) is 15.4. The largest absolute Gasteiger partial charge is 0.378 e. The smallest absolute Gasteiger partial charge is 0.232 e. The molecule has 21 heavy (non-hydrogen) atoms.